The van der Waals surface area contributed by atoms with Crippen molar-refractivity contribution in [3.05, 3.63) is 22.4 Å². The van der Waals surface area contributed by atoms with E-state index in [1.807, 2.05) is 11.3 Å². The Bertz CT molecular complexity index is 321. The van der Waals surface area contributed by atoms with Crippen molar-refractivity contribution < 1.29 is 0 Å². The molecule has 0 aliphatic rings. The fourth-order valence-corrected chi connectivity index (χ4v) is 3.74. The van der Waals surface area contributed by atoms with Crippen LogP contribution in [-0.2, 0) is 6.54 Å². The molecule has 1 N–H and O–H groups in total. The van der Waals surface area contributed by atoms with Crippen LogP contribution in [0.4, 0.5) is 0 Å². The van der Waals surface area contributed by atoms with Gasteiger partial charge in [-0.25, -0.2) is 0 Å². The first-order valence-electron chi connectivity index (χ1n) is 10.2. The fourth-order valence-electron chi connectivity index (χ4n) is 3.07. The van der Waals surface area contributed by atoms with E-state index in [0.717, 1.165) is 6.54 Å². The molecule has 1 aromatic heterocycles. The second-order valence-corrected chi connectivity index (χ2v) is 7.88. The Morgan fingerprint density at radius 3 is 1.74 bits per heavy atom. The Kier molecular flexibility index (Phi) is 14.9. The number of unbranched alkanes of at least 4 members (excludes halogenated alkanes) is 13. The maximum Gasteiger partial charge on any atom is 0.0299 e. The van der Waals surface area contributed by atoms with Crippen LogP contribution in [0.2, 0.25) is 0 Å². The van der Waals surface area contributed by atoms with Crippen LogP contribution in [0.15, 0.2) is 17.5 Å². The van der Waals surface area contributed by atoms with Crippen LogP contribution in [0, 0.1) is 0 Å². The van der Waals surface area contributed by atoms with Gasteiger partial charge in [0.2, 0.25) is 0 Å². The van der Waals surface area contributed by atoms with Gasteiger partial charge in [0.25, 0.3) is 0 Å². The minimum Gasteiger partial charge on any atom is -0.312 e. The van der Waals surface area contributed by atoms with Crippen molar-refractivity contribution in [1.82, 2.24) is 5.32 Å². The van der Waals surface area contributed by atoms with Crippen LogP contribution in [0.5, 0.6) is 0 Å². The smallest absolute Gasteiger partial charge is 0.0299 e. The molecule has 1 nitrogen and oxygen atoms in total. The first kappa shape index (κ1) is 20.7. The molecule has 0 aliphatic carbocycles. The van der Waals surface area contributed by atoms with Gasteiger partial charge in [-0.05, 0) is 24.4 Å². The van der Waals surface area contributed by atoms with Crippen molar-refractivity contribution in [3.8, 4) is 0 Å². The minimum absolute atomic E-state index is 1.05. The summed E-state index contributed by atoms with van der Waals surface area (Å²) in [5.41, 5.74) is 0. The summed E-state index contributed by atoms with van der Waals surface area (Å²) in [6, 6.07) is 4.34. The summed E-state index contributed by atoms with van der Waals surface area (Å²) in [6.45, 7) is 4.52. The molecule has 0 fully saturated rings. The molecule has 0 saturated carbocycles. The van der Waals surface area contributed by atoms with Crippen LogP contribution in [0.3, 0.4) is 0 Å². The standard InChI is InChI=1S/C21H39NS/c1-2-3-4-5-6-7-8-9-10-11-12-13-14-15-18-22-20-21-17-16-19-23-21/h16-17,19,22H,2-15,18,20H2,1H3. The first-order chi connectivity index (χ1) is 11.4. The molecule has 0 aromatic carbocycles. The molecule has 134 valence electrons. The van der Waals surface area contributed by atoms with Gasteiger partial charge in [-0.15, -0.1) is 11.3 Å². The van der Waals surface area contributed by atoms with Crippen molar-refractivity contribution >= 4 is 11.3 Å². The number of hydrogen-bond donors (Lipinski definition) is 1. The summed E-state index contributed by atoms with van der Waals surface area (Å²) < 4.78 is 0. The highest BCUT2D eigenvalue weighted by Gasteiger charge is 1.95. The van der Waals surface area contributed by atoms with Gasteiger partial charge in [0.1, 0.15) is 0 Å². The lowest BCUT2D eigenvalue weighted by atomic mass is 10.0. The maximum atomic E-state index is 3.54. The molecule has 1 rings (SSSR count). The third-order valence-corrected chi connectivity index (χ3v) is 5.46. The average Bonchev–Trinajstić information content (AvgIpc) is 3.08. The summed E-state index contributed by atoms with van der Waals surface area (Å²) in [7, 11) is 0. The lowest BCUT2D eigenvalue weighted by molar-refractivity contribution is 0.530. The number of hydrogen-bond acceptors (Lipinski definition) is 2. The zero-order valence-electron chi connectivity index (χ0n) is 15.5. The minimum atomic E-state index is 1.05. The predicted octanol–water partition coefficient (Wildman–Crippen LogP) is 7.32. The van der Waals surface area contributed by atoms with Gasteiger partial charge in [0.05, 0.1) is 0 Å². The van der Waals surface area contributed by atoms with Crippen LogP contribution in [0.25, 0.3) is 0 Å². The van der Waals surface area contributed by atoms with Crippen molar-refractivity contribution in [2.75, 3.05) is 6.54 Å². The second kappa shape index (κ2) is 16.5. The second-order valence-electron chi connectivity index (χ2n) is 6.85. The van der Waals surface area contributed by atoms with E-state index in [9.17, 15) is 0 Å². The van der Waals surface area contributed by atoms with Crippen molar-refractivity contribution in [3.63, 3.8) is 0 Å². The third kappa shape index (κ3) is 13.8. The molecule has 0 bridgehead atoms. The monoisotopic (exact) mass is 337 g/mol. The molecule has 0 aliphatic heterocycles. The van der Waals surface area contributed by atoms with Crippen molar-refractivity contribution in [2.24, 2.45) is 0 Å². The van der Waals surface area contributed by atoms with Crippen molar-refractivity contribution in [1.29, 1.82) is 0 Å². The summed E-state index contributed by atoms with van der Waals surface area (Å²) >= 11 is 1.85. The number of rotatable bonds is 17. The van der Waals surface area contributed by atoms with Gasteiger partial charge in [-0.2, -0.15) is 0 Å². The van der Waals surface area contributed by atoms with E-state index in [2.05, 4.69) is 29.8 Å². The molecule has 0 unspecified atom stereocenters. The van der Waals surface area contributed by atoms with Crippen molar-refractivity contribution in [2.45, 2.75) is 103 Å². The van der Waals surface area contributed by atoms with Crippen LogP contribution < -0.4 is 5.32 Å². The lowest BCUT2D eigenvalue weighted by Gasteiger charge is -2.04. The van der Waals surface area contributed by atoms with Gasteiger partial charge < -0.3 is 5.32 Å². The van der Waals surface area contributed by atoms with Gasteiger partial charge in [0, 0.05) is 11.4 Å². The SMILES string of the molecule is CCCCCCCCCCCCCCCCNCc1cccs1. The maximum absolute atomic E-state index is 3.54. The zero-order chi connectivity index (χ0) is 16.4. The summed E-state index contributed by atoms with van der Waals surface area (Å²) in [5, 5.41) is 5.70. The van der Waals surface area contributed by atoms with E-state index in [1.54, 1.807) is 0 Å². The molecule has 0 spiro atoms. The zero-order valence-corrected chi connectivity index (χ0v) is 16.3. The van der Waals surface area contributed by atoms with Gasteiger partial charge in [-0.1, -0.05) is 96.5 Å². The number of thiophene rings is 1. The third-order valence-electron chi connectivity index (χ3n) is 4.59. The predicted molar refractivity (Wildman–Crippen MR) is 106 cm³/mol. The molecular formula is C21H39NS. The molecule has 0 atom stereocenters. The van der Waals surface area contributed by atoms with Crippen LogP contribution in [-0.4, -0.2) is 6.54 Å². The first-order valence-corrected chi connectivity index (χ1v) is 11.0. The highest BCUT2D eigenvalue weighted by molar-refractivity contribution is 7.09. The molecule has 1 aromatic rings. The topological polar surface area (TPSA) is 12.0 Å². The molecule has 0 saturated heterocycles. The molecule has 23 heavy (non-hydrogen) atoms. The van der Waals surface area contributed by atoms with Gasteiger partial charge >= 0.3 is 0 Å². The quantitative estimate of drug-likeness (QED) is 0.294. The Labute approximate surface area is 149 Å². The average molecular weight is 338 g/mol. The van der Waals surface area contributed by atoms with E-state index < -0.39 is 0 Å². The van der Waals surface area contributed by atoms with E-state index in [0.29, 0.717) is 0 Å². The van der Waals surface area contributed by atoms with E-state index >= 15 is 0 Å². The molecule has 2 heteroatoms. The summed E-state index contributed by atoms with van der Waals surface area (Å²) in [5.74, 6) is 0. The van der Waals surface area contributed by atoms with Gasteiger partial charge in [0.15, 0.2) is 0 Å². The number of nitrogens with one attached hydrogen (secondary N) is 1. The fraction of sp³-hybridized carbons (Fsp3) is 0.810. The van der Waals surface area contributed by atoms with Crippen LogP contribution in [0.1, 0.15) is 102 Å². The highest BCUT2D eigenvalue weighted by atomic mass is 32.1. The van der Waals surface area contributed by atoms with Crippen LogP contribution >= 0.6 is 11.3 Å². The molecule has 0 radical (unpaired) electrons. The molecular weight excluding hydrogens is 298 g/mol. The normalized spacial score (nSPS) is 11.2. The highest BCUT2D eigenvalue weighted by Crippen LogP contribution is 2.13. The van der Waals surface area contributed by atoms with E-state index in [4.69, 9.17) is 0 Å². The Balaban J connectivity index is 1.67. The lowest BCUT2D eigenvalue weighted by Crippen LogP contribution is -2.13. The van der Waals surface area contributed by atoms with Gasteiger partial charge in [-0.3, -0.25) is 0 Å². The molecule has 1 heterocycles. The largest absolute Gasteiger partial charge is 0.312 e. The molecule has 0 amide bonds. The summed E-state index contributed by atoms with van der Waals surface area (Å²) in [4.78, 5) is 1.45. The Hall–Kier alpha value is -0.340. The van der Waals surface area contributed by atoms with E-state index in [1.165, 1.54) is 101 Å². The van der Waals surface area contributed by atoms with E-state index in [-0.39, 0.29) is 0 Å². The Morgan fingerprint density at radius 2 is 1.26 bits per heavy atom. The summed E-state index contributed by atoms with van der Waals surface area (Å²) in [6.07, 6.45) is 20.1. The Morgan fingerprint density at radius 1 is 0.739 bits per heavy atom.